The van der Waals surface area contributed by atoms with Crippen molar-refractivity contribution in [2.24, 2.45) is 9.98 Å². The van der Waals surface area contributed by atoms with E-state index in [2.05, 4.69) is 76.9 Å². The van der Waals surface area contributed by atoms with E-state index >= 15 is 0 Å². The van der Waals surface area contributed by atoms with E-state index < -0.39 is 0 Å². The molecule has 2 aromatic carbocycles. The summed E-state index contributed by atoms with van der Waals surface area (Å²) in [5.74, 6) is -0.265. The zero-order chi connectivity index (χ0) is 25.3. The van der Waals surface area contributed by atoms with Crippen molar-refractivity contribution in [1.29, 1.82) is 0 Å². The second-order valence-corrected chi connectivity index (χ2v) is 14.8. The van der Waals surface area contributed by atoms with Gasteiger partial charge in [0.25, 0.3) is 0 Å². The number of nitrogens with one attached hydrogen (secondary N) is 2. The average Bonchev–Trinajstić information content (AvgIpc) is 3.59. The van der Waals surface area contributed by atoms with Crippen molar-refractivity contribution in [3.63, 3.8) is 0 Å². The van der Waals surface area contributed by atoms with Gasteiger partial charge in [0.05, 0.1) is 0 Å². The van der Waals surface area contributed by atoms with Crippen molar-refractivity contribution in [1.82, 2.24) is 10.6 Å². The van der Waals surface area contributed by atoms with Crippen molar-refractivity contribution in [2.75, 3.05) is 0 Å². The molecule has 8 nitrogen and oxygen atoms in total. The summed E-state index contributed by atoms with van der Waals surface area (Å²) >= 11 is 6.12. The van der Waals surface area contributed by atoms with Crippen LogP contribution < -0.4 is 19.6 Å². The second-order valence-electron chi connectivity index (χ2n) is 6.85. The van der Waals surface area contributed by atoms with Crippen LogP contribution in [0.15, 0.2) is 104 Å². The average molecular weight is 740 g/mol. The van der Waals surface area contributed by atoms with Gasteiger partial charge in [-0.2, -0.15) is 0 Å². The Hall–Kier alpha value is -2.64. The Morgan fingerprint density at radius 2 is 1.03 bits per heavy atom. The molecule has 180 valence electrons. The van der Waals surface area contributed by atoms with Gasteiger partial charge < -0.3 is 0 Å². The molecule has 0 aliphatic heterocycles. The number of nitrogens with zero attached hydrogens (tertiary/aromatic N) is 2. The molecule has 0 saturated heterocycles. The van der Waals surface area contributed by atoms with E-state index in [4.69, 9.17) is 8.83 Å². The second kappa shape index (κ2) is 13.1. The first-order valence-corrected chi connectivity index (χ1v) is 18.0. The minimum absolute atomic E-state index is 0.225. The first-order valence-electron chi connectivity index (χ1n) is 10.2. The van der Waals surface area contributed by atoms with Crippen molar-refractivity contribution in [3.05, 3.63) is 96.8 Å². The van der Waals surface area contributed by atoms with Crippen LogP contribution in [0.3, 0.4) is 0 Å². The van der Waals surface area contributed by atoms with Crippen LogP contribution in [0, 0.1) is 0 Å². The first kappa shape index (κ1) is 26.4. The van der Waals surface area contributed by atoms with Gasteiger partial charge in [0, 0.05) is 0 Å². The van der Waals surface area contributed by atoms with Gasteiger partial charge >= 0.3 is 236 Å². The van der Waals surface area contributed by atoms with Crippen molar-refractivity contribution >= 4 is 99.9 Å². The van der Waals surface area contributed by atoms with Gasteiger partial charge in [0.1, 0.15) is 0 Å². The molecule has 12 heteroatoms. The third kappa shape index (κ3) is 7.93. The molecule has 0 bridgehead atoms. The predicted molar refractivity (Wildman–Crippen MR) is 142 cm³/mol. The fraction of sp³-hybridized carbons (Fsp3) is 0. The van der Waals surface area contributed by atoms with Crippen LogP contribution in [-0.2, 0) is 0 Å². The number of rotatable bonds is 7. The number of amides is 2. The van der Waals surface area contributed by atoms with Crippen LogP contribution in [0.25, 0.3) is 0 Å². The van der Waals surface area contributed by atoms with Gasteiger partial charge in [-0.1, -0.05) is 0 Å². The number of carbonyl (C=O) groups excluding carboxylic acids is 2. The van der Waals surface area contributed by atoms with Crippen molar-refractivity contribution < 1.29 is 18.4 Å². The van der Waals surface area contributed by atoms with Crippen molar-refractivity contribution in [2.45, 2.75) is 0 Å². The number of carbonyl (C=O) groups is 2. The molecule has 0 saturated carbocycles. The van der Waals surface area contributed by atoms with E-state index in [9.17, 15) is 9.59 Å². The summed E-state index contributed by atoms with van der Waals surface area (Å²) in [7, 11) is 0. The normalized spacial score (nSPS) is 11.8. The number of aliphatic imine (C=N–C) groups is 2. The SMILES string of the molecule is O=C(NC([Se])=Nc1ccc([Se][Se]c2ccc(N=C([Se])NC(=O)c3ccco3)cc2)cc1)c1ccco1. The molecule has 2 heterocycles. The van der Waals surface area contributed by atoms with E-state index in [1.807, 2.05) is 24.3 Å². The Labute approximate surface area is 234 Å². The monoisotopic (exact) mass is 744 g/mol. The molecule has 2 radical (unpaired) electrons. The van der Waals surface area contributed by atoms with Gasteiger partial charge in [0.15, 0.2) is 0 Å². The Balaban J connectivity index is 1.27. The molecular weight excluding hydrogens is 724 g/mol. The summed E-state index contributed by atoms with van der Waals surface area (Å²) in [6.07, 6.45) is 2.89. The summed E-state index contributed by atoms with van der Waals surface area (Å²) in [6, 6.07) is 22.4. The molecule has 36 heavy (non-hydrogen) atoms. The van der Waals surface area contributed by atoms with E-state index in [-0.39, 0.29) is 23.3 Å². The number of hydrogen-bond acceptors (Lipinski definition) is 6. The number of furan rings is 2. The molecule has 0 fully saturated rings. The van der Waals surface area contributed by atoms with Crippen molar-refractivity contribution in [3.8, 4) is 0 Å². The van der Waals surface area contributed by atoms with Gasteiger partial charge in [-0.3, -0.25) is 0 Å². The van der Waals surface area contributed by atoms with E-state index in [1.54, 1.807) is 24.3 Å². The van der Waals surface area contributed by atoms with Gasteiger partial charge in [-0.05, 0) is 0 Å². The first-order chi connectivity index (χ1) is 17.5. The van der Waals surface area contributed by atoms with Gasteiger partial charge in [-0.25, -0.2) is 0 Å². The van der Waals surface area contributed by atoms with Crippen LogP contribution in [0.5, 0.6) is 0 Å². The molecule has 0 aliphatic rings. The fourth-order valence-corrected chi connectivity index (χ4v) is 9.47. The third-order valence-electron chi connectivity index (χ3n) is 4.30. The van der Waals surface area contributed by atoms with Gasteiger partial charge in [-0.15, -0.1) is 0 Å². The summed E-state index contributed by atoms with van der Waals surface area (Å²) in [5.41, 5.74) is 1.48. The Morgan fingerprint density at radius 3 is 1.36 bits per heavy atom. The van der Waals surface area contributed by atoms with Crippen LogP contribution >= 0.6 is 0 Å². The minimum atomic E-state index is -0.358. The summed E-state index contributed by atoms with van der Waals surface area (Å²) < 4.78 is 13.4. The topological polar surface area (TPSA) is 109 Å². The Kier molecular flexibility index (Phi) is 9.59. The zero-order valence-corrected chi connectivity index (χ0v) is 25.1. The Bertz CT molecular complexity index is 1260. The molecule has 2 aromatic heterocycles. The molecular formula is C24H16N4O4Se4. The summed E-state index contributed by atoms with van der Waals surface area (Å²) in [4.78, 5) is 32.8. The molecule has 2 N–H and O–H groups in total. The summed E-state index contributed by atoms with van der Waals surface area (Å²) in [5, 5.41) is 5.31. The molecule has 2 amide bonds. The Morgan fingerprint density at radius 1 is 0.639 bits per heavy atom. The number of amidine groups is 2. The molecule has 0 atom stereocenters. The zero-order valence-electron chi connectivity index (χ0n) is 18.2. The number of hydrogen-bond donors (Lipinski definition) is 2. The van der Waals surface area contributed by atoms with E-state index in [1.165, 1.54) is 21.5 Å². The predicted octanol–water partition coefficient (Wildman–Crippen LogP) is 1.32. The number of benzene rings is 2. The molecule has 0 spiro atoms. The molecule has 0 aliphatic carbocycles. The molecule has 4 aromatic rings. The quantitative estimate of drug-likeness (QED) is 0.170. The fourth-order valence-electron chi connectivity index (χ4n) is 2.67. The van der Waals surface area contributed by atoms with Crippen LogP contribution in [0.1, 0.15) is 21.1 Å². The van der Waals surface area contributed by atoms with E-state index in [0.29, 0.717) is 35.7 Å². The van der Waals surface area contributed by atoms with Crippen LogP contribution in [0.2, 0.25) is 0 Å². The maximum atomic E-state index is 12.0. The van der Waals surface area contributed by atoms with Crippen LogP contribution in [-0.4, -0.2) is 79.6 Å². The standard InChI is InChI=1S/C24H16N4O4Se4/c29-21(19-3-1-13-31-19)27-23(33)25-15-5-9-17(10-6-15)35-36-18-11-7-16(8-12-18)26-24(34)28-22(30)20-4-2-14-32-20/h1-14H,(H,25,27,29)(H,26,28,30). The molecule has 0 unspecified atom stereocenters. The third-order valence-corrected chi connectivity index (χ3v) is 12.3. The molecule has 4 rings (SSSR count). The maximum absolute atomic E-state index is 12.0. The summed E-state index contributed by atoms with van der Waals surface area (Å²) in [6.45, 7) is 0. The van der Waals surface area contributed by atoms with Crippen LogP contribution in [0.4, 0.5) is 11.4 Å². The van der Waals surface area contributed by atoms with Gasteiger partial charge in [0.2, 0.25) is 0 Å². The van der Waals surface area contributed by atoms with E-state index in [0.717, 1.165) is 11.4 Å².